The van der Waals surface area contributed by atoms with Crippen LogP contribution in [0, 0.1) is 0 Å². The second-order valence-electron chi connectivity index (χ2n) is 5.71. The molecule has 1 amide bonds. The summed E-state index contributed by atoms with van der Waals surface area (Å²) in [4.78, 5) is 21.0. The molecular weight excluding hydrogens is 340 g/mol. The van der Waals surface area contributed by atoms with Gasteiger partial charge in [0.2, 0.25) is 5.76 Å². The molecule has 0 aliphatic carbocycles. The minimum atomic E-state index is -0.109. The zero-order chi connectivity index (χ0) is 17.2. The number of piperazine rings is 1. The minimum absolute atomic E-state index is 0.109. The molecule has 8 heteroatoms. The number of benzene rings is 1. The molecule has 1 saturated heterocycles. The molecular formula is C17H18N4O3S. The van der Waals surface area contributed by atoms with E-state index < -0.39 is 0 Å². The SMILES string of the molecule is CCOc1ccc2nc(N3CCN(C(=O)c4ccno4)CC3)sc2c1. The maximum absolute atomic E-state index is 12.3. The van der Waals surface area contributed by atoms with Crippen molar-refractivity contribution >= 4 is 32.6 Å². The van der Waals surface area contributed by atoms with Gasteiger partial charge in [-0.05, 0) is 25.1 Å². The van der Waals surface area contributed by atoms with E-state index in [1.165, 1.54) is 6.20 Å². The highest BCUT2D eigenvalue weighted by Gasteiger charge is 2.25. The summed E-state index contributed by atoms with van der Waals surface area (Å²) < 4.78 is 11.6. The molecule has 25 heavy (non-hydrogen) atoms. The average molecular weight is 358 g/mol. The van der Waals surface area contributed by atoms with Gasteiger partial charge in [0.1, 0.15) is 5.75 Å². The van der Waals surface area contributed by atoms with E-state index in [1.807, 2.05) is 25.1 Å². The third-order valence-corrected chi connectivity index (χ3v) is 5.22. The summed E-state index contributed by atoms with van der Waals surface area (Å²) in [5.41, 5.74) is 0.976. The van der Waals surface area contributed by atoms with Crippen LogP contribution in [0.2, 0.25) is 0 Å². The van der Waals surface area contributed by atoms with Crippen molar-refractivity contribution in [2.75, 3.05) is 37.7 Å². The van der Waals surface area contributed by atoms with Crippen molar-refractivity contribution < 1.29 is 14.1 Å². The zero-order valence-electron chi connectivity index (χ0n) is 13.8. The normalized spacial score (nSPS) is 14.9. The van der Waals surface area contributed by atoms with Crippen molar-refractivity contribution in [3.8, 4) is 5.75 Å². The second kappa shape index (κ2) is 6.72. The van der Waals surface area contributed by atoms with Crippen molar-refractivity contribution in [1.82, 2.24) is 15.0 Å². The van der Waals surface area contributed by atoms with Crippen LogP contribution in [-0.2, 0) is 0 Å². The van der Waals surface area contributed by atoms with Crippen molar-refractivity contribution in [3.05, 3.63) is 36.2 Å². The van der Waals surface area contributed by atoms with Gasteiger partial charge < -0.3 is 19.1 Å². The smallest absolute Gasteiger partial charge is 0.292 e. The van der Waals surface area contributed by atoms with E-state index in [4.69, 9.17) is 14.2 Å². The van der Waals surface area contributed by atoms with Crippen LogP contribution in [-0.4, -0.2) is 53.7 Å². The van der Waals surface area contributed by atoms with Crippen LogP contribution in [0.25, 0.3) is 10.2 Å². The molecule has 0 saturated carbocycles. The Labute approximate surface area is 148 Å². The minimum Gasteiger partial charge on any atom is -0.494 e. The molecule has 0 bridgehead atoms. The first-order valence-electron chi connectivity index (χ1n) is 8.23. The number of fused-ring (bicyclic) bond motifs is 1. The number of carbonyl (C=O) groups is 1. The number of carbonyl (C=O) groups excluding carboxylic acids is 1. The van der Waals surface area contributed by atoms with Gasteiger partial charge in [-0.3, -0.25) is 4.79 Å². The Hall–Kier alpha value is -2.61. The molecule has 1 aromatic carbocycles. The van der Waals surface area contributed by atoms with E-state index in [-0.39, 0.29) is 11.7 Å². The molecule has 1 fully saturated rings. The fraction of sp³-hybridized carbons (Fsp3) is 0.353. The summed E-state index contributed by atoms with van der Waals surface area (Å²) in [7, 11) is 0. The Kier molecular flexibility index (Phi) is 4.27. The van der Waals surface area contributed by atoms with Crippen LogP contribution in [0.3, 0.4) is 0 Å². The van der Waals surface area contributed by atoms with Crippen LogP contribution in [0.15, 0.2) is 35.0 Å². The largest absolute Gasteiger partial charge is 0.494 e. The van der Waals surface area contributed by atoms with Crippen LogP contribution < -0.4 is 9.64 Å². The average Bonchev–Trinajstić information content (AvgIpc) is 3.31. The highest BCUT2D eigenvalue weighted by Crippen LogP contribution is 2.32. The van der Waals surface area contributed by atoms with Gasteiger partial charge in [-0.2, -0.15) is 0 Å². The topological polar surface area (TPSA) is 71.7 Å². The van der Waals surface area contributed by atoms with Crippen LogP contribution >= 0.6 is 11.3 Å². The van der Waals surface area contributed by atoms with Gasteiger partial charge in [0, 0.05) is 32.2 Å². The molecule has 3 aromatic rings. The molecule has 2 aromatic heterocycles. The molecule has 0 radical (unpaired) electrons. The number of hydrogen-bond donors (Lipinski definition) is 0. The van der Waals surface area contributed by atoms with Crippen molar-refractivity contribution in [3.63, 3.8) is 0 Å². The summed E-state index contributed by atoms with van der Waals surface area (Å²) in [6.45, 7) is 5.40. The van der Waals surface area contributed by atoms with Gasteiger partial charge in [-0.1, -0.05) is 16.5 Å². The lowest BCUT2D eigenvalue weighted by Gasteiger charge is -2.33. The van der Waals surface area contributed by atoms with E-state index >= 15 is 0 Å². The third kappa shape index (κ3) is 3.17. The van der Waals surface area contributed by atoms with Crippen molar-refractivity contribution in [1.29, 1.82) is 0 Å². The number of anilines is 1. The summed E-state index contributed by atoms with van der Waals surface area (Å²) in [6, 6.07) is 7.56. The molecule has 3 heterocycles. The highest BCUT2D eigenvalue weighted by molar-refractivity contribution is 7.22. The summed E-state index contributed by atoms with van der Waals surface area (Å²) in [5.74, 6) is 1.05. The lowest BCUT2D eigenvalue weighted by atomic mass is 10.3. The van der Waals surface area contributed by atoms with Gasteiger partial charge in [0.15, 0.2) is 5.13 Å². The Morgan fingerprint density at radius 1 is 1.28 bits per heavy atom. The number of ether oxygens (including phenoxy) is 1. The third-order valence-electron chi connectivity index (χ3n) is 4.15. The standard InChI is InChI=1S/C17H18N4O3S/c1-2-23-12-3-4-13-15(11-12)25-17(19-13)21-9-7-20(8-10-21)16(22)14-5-6-18-24-14/h3-6,11H,2,7-10H2,1H3. The molecule has 0 atom stereocenters. The van der Waals surface area contributed by atoms with Crippen LogP contribution in [0.5, 0.6) is 5.75 Å². The van der Waals surface area contributed by atoms with Gasteiger partial charge >= 0.3 is 0 Å². The van der Waals surface area contributed by atoms with Crippen LogP contribution in [0.4, 0.5) is 5.13 Å². The van der Waals surface area contributed by atoms with E-state index in [1.54, 1.807) is 22.3 Å². The molecule has 0 spiro atoms. The Balaban J connectivity index is 1.45. The van der Waals surface area contributed by atoms with Crippen LogP contribution in [0.1, 0.15) is 17.5 Å². The number of aromatic nitrogens is 2. The number of amides is 1. The van der Waals surface area contributed by atoms with Crippen molar-refractivity contribution in [2.24, 2.45) is 0 Å². The first kappa shape index (κ1) is 15.9. The second-order valence-corrected chi connectivity index (χ2v) is 6.72. The molecule has 0 N–H and O–H groups in total. The predicted molar refractivity (Wildman–Crippen MR) is 95.4 cm³/mol. The number of hydrogen-bond acceptors (Lipinski definition) is 7. The summed E-state index contributed by atoms with van der Waals surface area (Å²) >= 11 is 1.65. The zero-order valence-corrected chi connectivity index (χ0v) is 14.7. The molecule has 0 unspecified atom stereocenters. The Morgan fingerprint density at radius 3 is 2.84 bits per heavy atom. The Bertz CT molecular complexity index is 869. The monoisotopic (exact) mass is 358 g/mol. The van der Waals surface area contributed by atoms with Gasteiger partial charge in [0.05, 0.1) is 23.0 Å². The molecule has 7 nitrogen and oxygen atoms in total. The quantitative estimate of drug-likeness (QED) is 0.714. The number of nitrogens with zero attached hydrogens (tertiary/aromatic N) is 4. The lowest BCUT2D eigenvalue weighted by Crippen LogP contribution is -2.48. The maximum atomic E-state index is 12.3. The summed E-state index contributed by atoms with van der Waals surface area (Å²) in [5, 5.41) is 4.58. The first-order valence-corrected chi connectivity index (χ1v) is 9.04. The van der Waals surface area contributed by atoms with E-state index in [0.717, 1.165) is 34.2 Å². The highest BCUT2D eigenvalue weighted by atomic mass is 32.1. The molecule has 1 aliphatic heterocycles. The number of thiazole rings is 1. The predicted octanol–water partition coefficient (Wildman–Crippen LogP) is 2.65. The fourth-order valence-corrected chi connectivity index (χ4v) is 3.91. The van der Waals surface area contributed by atoms with E-state index in [9.17, 15) is 4.79 Å². The molecule has 4 rings (SSSR count). The fourth-order valence-electron chi connectivity index (χ4n) is 2.87. The van der Waals surface area contributed by atoms with Gasteiger partial charge in [0.25, 0.3) is 5.91 Å². The van der Waals surface area contributed by atoms with Gasteiger partial charge in [-0.25, -0.2) is 4.98 Å². The van der Waals surface area contributed by atoms with Gasteiger partial charge in [-0.15, -0.1) is 0 Å². The van der Waals surface area contributed by atoms with E-state index in [2.05, 4.69) is 10.1 Å². The first-order chi connectivity index (χ1) is 12.2. The molecule has 130 valence electrons. The Morgan fingerprint density at radius 2 is 2.12 bits per heavy atom. The van der Waals surface area contributed by atoms with Crippen molar-refractivity contribution in [2.45, 2.75) is 6.92 Å². The number of rotatable bonds is 4. The van der Waals surface area contributed by atoms with E-state index in [0.29, 0.717) is 19.7 Å². The lowest BCUT2D eigenvalue weighted by molar-refractivity contribution is 0.0705. The summed E-state index contributed by atoms with van der Waals surface area (Å²) in [6.07, 6.45) is 1.49. The maximum Gasteiger partial charge on any atom is 0.292 e. The molecule has 1 aliphatic rings.